The molecule has 0 heterocycles. The number of nitrogens with two attached hydrogens (primary N) is 1. The Hall–Kier alpha value is -1.81. The van der Waals surface area contributed by atoms with Crippen LogP contribution in [0.1, 0.15) is 28.3 Å². The summed E-state index contributed by atoms with van der Waals surface area (Å²) in [6.45, 7) is 3.82. The SMILES string of the molecule is Cc1cccc(C(N)c2cc(F)c(F)c(F)c2)c1C. The van der Waals surface area contributed by atoms with E-state index in [1.165, 1.54) is 0 Å². The third-order valence-corrected chi connectivity index (χ3v) is 3.35. The van der Waals surface area contributed by atoms with E-state index in [-0.39, 0.29) is 5.56 Å². The van der Waals surface area contributed by atoms with Crippen molar-refractivity contribution in [2.24, 2.45) is 5.73 Å². The lowest BCUT2D eigenvalue weighted by atomic mass is 9.93. The topological polar surface area (TPSA) is 26.0 Å². The summed E-state index contributed by atoms with van der Waals surface area (Å²) in [6, 6.07) is 6.73. The average molecular weight is 265 g/mol. The lowest BCUT2D eigenvalue weighted by Crippen LogP contribution is -2.15. The first-order valence-corrected chi connectivity index (χ1v) is 5.88. The Kier molecular flexibility index (Phi) is 3.62. The molecule has 2 aromatic carbocycles. The lowest BCUT2D eigenvalue weighted by molar-refractivity contribution is 0.444. The van der Waals surface area contributed by atoms with E-state index in [4.69, 9.17) is 5.73 Å². The highest BCUT2D eigenvalue weighted by molar-refractivity contribution is 5.40. The summed E-state index contributed by atoms with van der Waals surface area (Å²) in [7, 11) is 0. The standard InChI is InChI=1S/C15H14F3N/c1-8-4-3-5-11(9(8)2)15(19)10-6-12(16)14(18)13(17)7-10/h3-7,15H,19H2,1-2H3. The number of hydrogen-bond acceptors (Lipinski definition) is 1. The van der Waals surface area contributed by atoms with E-state index in [2.05, 4.69) is 0 Å². The van der Waals surface area contributed by atoms with Gasteiger partial charge in [0, 0.05) is 0 Å². The zero-order chi connectivity index (χ0) is 14.2. The Labute approximate surface area is 109 Å². The first-order chi connectivity index (χ1) is 8.91. The Morgan fingerprint density at radius 2 is 1.58 bits per heavy atom. The number of aryl methyl sites for hydroxylation is 1. The molecule has 4 heteroatoms. The van der Waals surface area contributed by atoms with Gasteiger partial charge in [-0.1, -0.05) is 18.2 Å². The van der Waals surface area contributed by atoms with Gasteiger partial charge in [-0.3, -0.25) is 0 Å². The summed E-state index contributed by atoms with van der Waals surface area (Å²) in [6.07, 6.45) is 0. The normalized spacial score (nSPS) is 12.5. The number of benzene rings is 2. The van der Waals surface area contributed by atoms with Gasteiger partial charge >= 0.3 is 0 Å². The first kappa shape index (κ1) is 13.6. The average Bonchev–Trinajstić information content (AvgIpc) is 2.38. The van der Waals surface area contributed by atoms with Crippen LogP contribution in [-0.4, -0.2) is 0 Å². The van der Waals surface area contributed by atoms with Gasteiger partial charge in [-0.05, 0) is 48.2 Å². The second-order valence-electron chi connectivity index (χ2n) is 4.57. The summed E-state index contributed by atoms with van der Waals surface area (Å²) >= 11 is 0. The van der Waals surface area contributed by atoms with E-state index in [9.17, 15) is 13.2 Å². The van der Waals surface area contributed by atoms with E-state index >= 15 is 0 Å². The van der Waals surface area contributed by atoms with Crippen LogP contribution in [-0.2, 0) is 0 Å². The van der Waals surface area contributed by atoms with Gasteiger partial charge in [-0.2, -0.15) is 0 Å². The smallest absolute Gasteiger partial charge is 0.194 e. The van der Waals surface area contributed by atoms with Gasteiger partial charge in [0.15, 0.2) is 17.5 Å². The van der Waals surface area contributed by atoms with Gasteiger partial charge in [0.1, 0.15) is 0 Å². The molecule has 0 aliphatic rings. The van der Waals surface area contributed by atoms with Gasteiger partial charge in [0.05, 0.1) is 6.04 Å². The van der Waals surface area contributed by atoms with Crippen molar-refractivity contribution in [3.05, 3.63) is 70.0 Å². The van der Waals surface area contributed by atoms with E-state index in [0.717, 1.165) is 28.8 Å². The maximum Gasteiger partial charge on any atom is 0.194 e. The van der Waals surface area contributed by atoms with Crippen LogP contribution in [0.3, 0.4) is 0 Å². The number of rotatable bonds is 2. The van der Waals surface area contributed by atoms with Crippen LogP contribution in [0.5, 0.6) is 0 Å². The molecule has 2 N–H and O–H groups in total. The third-order valence-electron chi connectivity index (χ3n) is 3.35. The highest BCUT2D eigenvalue weighted by Crippen LogP contribution is 2.26. The molecule has 0 radical (unpaired) electrons. The molecule has 0 amide bonds. The molecular weight excluding hydrogens is 251 g/mol. The maximum atomic E-state index is 13.2. The van der Waals surface area contributed by atoms with Gasteiger partial charge in [-0.15, -0.1) is 0 Å². The second-order valence-corrected chi connectivity index (χ2v) is 4.57. The molecule has 0 spiro atoms. The lowest BCUT2D eigenvalue weighted by Gasteiger charge is -2.17. The molecule has 0 fully saturated rings. The van der Waals surface area contributed by atoms with Crippen molar-refractivity contribution in [2.75, 3.05) is 0 Å². The molecule has 0 saturated carbocycles. The van der Waals surface area contributed by atoms with Crippen LogP contribution in [0.25, 0.3) is 0 Å². The fourth-order valence-electron chi connectivity index (χ4n) is 2.04. The fourth-order valence-corrected chi connectivity index (χ4v) is 2.04. The Bertz CT molecular complexity index is 600. The second kappa shape index (κ2) is 5.05. The van der Waals surface area contributed by atoms with Crippen molar-refractivity contribution in [3.8, 4) is 0 Å². The summed E-state index contributed by atoms with van der Waals surface area (Å²) in [5, 5.41) is 0. The van der Waals surface area contributed by atoms with Crippen LogP contribution in [0.15, 0.2) is 30.3 Å². The van der Waals surface area contributed by atoms with E-state index in [0.29, 0.717) is 0 Å². The van der Waals surface area contributed by atoms with Crippen molar-refractivity contribution in [1.82, 2.24) is 0 Å². The molecule has 19 heavy (non-hydrogen) atoms. The summed E-state index contributed by atoms with van der Waals surface area (Å²) in [5.41, 5.74) is 9.00. The van der Waals surface area contributed by atoms with E-state index in [1.54, 1.807) is 6.07 Å². The van der Waals surface area contributed by atoms with Gasteiger partial charge in [-0.25, -0.2) is 13.2 Å². The minimum absolute atomic E-state index is 0.213. The van der Waals surface area contributed by atoms with E-state index in [1.807, 2.05) is 26.0 Å². The zero-order valence-corrected chi connectivity index (χ0v) is 10.7. The Balaban J connectivity index is 2.50. The summed E-state index contributed by atoms with van der Waals surface area (Å²) < 4.78 is 39.4. The molecule has 1 nitrogen and oxygen atoms in total. The van der Waals surface area contributed by atoms with Crippen LogP contribution >= 0.6 is 0 Å². The molecular formula is C15H14F3N. The van der Waals surface area contributed by atoms with Gasteiger partial charge in [0.25, 0.3) is 0 Å². The highest BCUT2D eigenvalue weighted by atomic mass is 19.2. The summed E-state index contributed by atoms with van der Waals surface area (Å²) in [5.74, 6) is -3.93. The molecule has 2 aromatic rings. The molecule has 0 aliphatic carbocycles. The van der Waals surface area contributed by atoms with Gasteiger partial charge in [0.2, 0.25) is 0 Å². The van der Waals surface area contributed by atoms with Crippen molar-refractivity contribution in [3.63, 3.8) is 0 Å². The van der Waals surface area contributed by atoms with Crippen LogP contribution in [0.4, 0.5) is 13.2 Å². The predicted molar refractivity (Wildman–Crippen MR) is 68.3 cm³/mol. The monoisotopic (exact) mass is 265 g/mol. The molecule has 0 aliphatic heterocycles. The van der Waals surface area contributed by atoms with Crippen LogP contribution in [0, 0.1) is 31.3 Å². The molecule has 2 rings (SSSR count). The third kappa shape index (κ3) is 2.49. The van der Waals surface area contributed by atoms with Crippen molar-refractivity contribution in [1.29, 1.82) is 0 Å². The minimum atomic E-state index is -1.48. The number of hydrogen-bond donors (Lipinski definition) is 1. The molecule has 0 bridgehead atoms. The minimum Gasteiger partial charge on any atom is -0.320 e. The largest absolute Gasteiger partial charge is 0.320 e. The van der Waals surface area contributed by atoms with Crippen molar-refractivity contribution in [2.45, 2.75) is 19.9 Å². The molecule has 0 aromatic heterocycles. The maximum absolute atomic E-state index is 13.2. The molecule has 100 valence electrons. The Morgan fingerprint density at radius 3 is 2.16 bits per heavy atom. The quantitative estimate of drug-likeness (QED) is 0.822. The summed E-state index contributed by atoms with van der Waals surface area (Å²) in [4.78, 5) is 0. The van der Waals surface area contributed by atoms with Crippen LogP contribution < -0.4 is 5.73 Å². The molecule has 0 saturated heterocycles. The molecule has 1 atom stereocenters. The van der Waals surface area contributed by atoms with Crippen LogP contribution in [0.2, 0.25) is 0 Å². The van der Waals surface area contributed by atoms with E-state index < -0.39 is 23.5 Å². The van der Waals surface area contributed by atoms with Crippen molar-refractivity contribution >= 4 is 0 Å². The highest BCUT2D eigenvalue weighted by Gasteiger charge is 2.17. The van der Waals surface area contributed by atoms with Gasteiger partial charge < -0.3 is 5.73 Å². The number of halogens is 3. The fraction of sp³-hybridized carbons (Fsp3) is 0.200. The first-order valence-electron chi connectivity index (χ1n) is 5.88. The van der Waals surface area contributed by atoms with Crippen molar-refractivity contribution < 1.29 is 13.2 Å². The Morgan fingerprint density at radius 1 is 1.00 bits per heavy atom. The zero-order valence-electron chi connectivity index (χ0n) is 10.7. The predicted octanol–water partition coefficient (Wildman–Crippen LogP) is 3.77. The molecule has 1 unspecified atom stereocenters.